The number of benzene rings is 2. The SMILES string of the molecule is Cc1cc(C)c(NCc2cc(C)ccc2F)c(Br)c1. The molecule has 0 aliphatic carbocycles. The van der Waals surface area contributed by atoms with E-state index in [0.717, 1.165) is 21.3 Å². The maximum Gasteiger partial charge on any atom is 0.128 e. The van der Waals surface area contributed by atoms with E-state index in [4.69, 9.17) is 0 Å². The van der Waals surface area contributed by atoms with Crippen LogP contribution < -0.4 is 5.32 Å². The molecule has 0 spiro atoms. The molecule has 2 aromatic carbocycles. The van der Waals surface area contributed by atoms with E-state index in [-0.39, 0.29) is 5.82 Å². The number of hydrogen-bond acceptors (Lipinski definition) is 1. The van der Waals surface area contributed by atoms with Gasteiger partial charge in [-0.1, -0.05) is 23.8 Å². The summed E-state index contributed by atoms with van der Waals surface area (Å²) in [6.45, 7) is 6.56. The Morgan fingerprint density at radius 3 is 2.47 bits per heavy atom. The van der Waals surface area contributed by atoms with Crippen LogP contribution in [0.15, 0.2) is 34.8 Å². The Morgan fingerprint density at radius 2 is 1.79 bits per heavy atom. The topological polar surface area (TPSA) is 12.0 Å². The van der Waals surface area contributed by atoms with Crippen molar-refractivity contribution in [1.29, 1.82) is 0 Å². The van der Waals surface area contributed by atoms with Crippen LogP contribution in [0.5, 0.6) is 0 Å². The van der Waals surface area contributed by atoms with Crippen molar-refractivity contribution in [3.8, 4) is 0 Å². The first-order chi connectivity index (χ1) is 8.97. The number of hydrogen-bond donors (Lipinski definition) is 1. The highest BCUT2D eigenvalue weighted by Gasteiger charge is 2.07. The van der Waals surface area contributed by atoms with E-state index in [1.54, 1.807) is 6.07 Å². The lowest BCUT2D eigenvalue weighted by molar-refractivity contribution is 0.612. The number of rotatable bonds is 3. The Morgan fingerprint density at radius 1 is 1.05 bits per heavy atom. The summed E-state index contributed by atoms with van der Waals surface area (Å²) >= 11 is 3.55. The van der Waals surface area contributed by atoms with Gasteiger partial charge in [0.1, 0.15) is 5.82 Å². The van der Waals surface area contributed by atoms with Crippen molar-refractivity contribution >= 4 is 21.6 Å². The minimum absolute atomic E-state index is 0.168. The Hall–Kier alpha value is -1.35. The van der Waals surface area contributed by atoms with Crippen molar-refractivity contribution in [3.63, 3.8) is 0 Å². The minimum atomic E-state index is -0.168. The van der Waals surface area contributed by atoms with Crippen LogP contribution in [0.3, 0.4) is 0 Å². The molecular weight excluding hydrogens is 305 g/mol. The van der Waals surface area contributed by atoms with Crippen molar-refractivity contribution in [1.82, 2.24) is 0 Å². The Balaban J connectivity index is 2.21. The summed E-state index contributed by atoms with van der Waals surface area (Å²) in [5, 5.41) is 3.31. The number of nitrogens with one attached hydrogen (secondary N) is 1. The Kier molecular flexibility index (Phi) is 4.25. The number of halogens is 2. The zero-order valence-electron chi connectivity index (χ0n) is 11.3. The summed E-state index contributed by atoms with van der Waals surface area (Å²) in [5.41, 5.74) is 5.13. The molecule has 0 atom stereocenters. The molecule has 2 aromatic rings. The molecule has 0 unspecified atom stereocenters. The minimum Gasteiger partial charge on any atom is -0.380 e. The molecule has 0 heterocycles. The number of anilines is 1. The van der Waals surface area contributed by atoms with E-state index in [1.807, 2.05) is 19.9 Å². The van der Waals surface area contributed by atoms with Gasteiger partial charge in [-0.2, -0.15) is 0 Å². The van der Waals surface area contributed by atoms with Crippen LogP contribution >= 0.6 is 15.9 Å². The van der Waals surface area contributed by atoms with Crippen LogP contribution in [-0.4, -0.2) is 0 Å². The summed E-state index contributed by atoms with van der Waals surface area (Å²) < 4.78 is 14.7. The first-order valence-corrected chi connectivity index (χ1v) is 7.02. The standard InChI is InChI=1S/C16H17BrFN/c1-10-4-5-15(18)13(7-10)9-19-16-12(3)6-11(2)8-14(16)17/h4-8,19H,9H2,1-3H3. The molecule has 0 saturated heterocycles. The molecule has 0 amide bonds. The largest absolute Gasteiger partial charge is 0.380 e. The zero-order chi connectivity index (χ0) is 14.0. The normalized spacial score (nSPS) is 10.6. The lowest BCUT2D eigenvalue weighted by Crippen LogP contribution is -2.04. The lowest BCUT2D eigenvalue weighted by Gasteiger charge is -2.13. The first kappa shape index (κ1) is 14.1. The van der Waals surface area contributed by atoms with Gasteiger partial charge in [0.2, 0.25) is 0 Å². The average molecular weight is 322 g/mol. The summed E-state index contributed by atoms with van der Waals surface area (Å²) in [6.07, 6.45) is 0. The van der Waals surface area contributed by atoms with Gasteiger partial charge in [-0.05, 0) is 60.0 Å². The molecule has 0 saturated carbocycles. The summed E-state index contributed by atoms with van der Waals surface area (Å²) in [5.74, 6) is -0.168. The van der Waals surface area contributed by atoms with Crippen molar-refractivity contribution < 1.29 is 4.39 Å². The predicted octanol–water partition coefficient (Wildman–Crippen LogP) is 5.13. The van der Waals surface area contributed by atoms with Crippen LogP contribution in [0.1, 0.15) is 22.3 Å². The van der Waals surface area contributed by atoms with Gasteiger partial charge in [0, 0.05) is 16.6 Å². The van der Waals surface area contributed by atoms with Gasteiger partial charge in [-0.25, -0.2) is 4.39 Å². The third kappa shape index (κ3) is 3.35. The van der Waals surface area contributed by atoms with E-state index in [1.165, 1.54) is 11.6 Å². The van der Waals surface area contributed by atoms with Gasteiger partial charge in [0.15, 0.2) is 0 Å². The fourth-order valence-corrected chi connectivity index (χ4v) is 2.98. The average Bonchev–Trinajstić information content (AvgIpc) is 2.32. The second kappa shape index (κ2) is 5.74. The van der Waals surface area contributed by atoms with Crippen molar-refractivity contribution in [2.45, 2.75) is 27.3 Å². The van der Waals surface area contributed by atoms with E-state index in [0.29, 0.717) is 12.1 Å². The van der Waals surface area contributed by atoms with Crippen LogP contribution in [0.25, 0.3) is 0 Å². The van der Waals surface area contributed by atoms with E-state index < -0.39 is 0 Å². The first-order valence-electron chi connectivity index (χ1n) is 6.23. The molecule has 0 aliphatic rings. The van der Waals surface area contributed by atoms with E-state index >= 15 is 0 Å². The molecule has 1 N–H and O–H groups in total. The molecule has 2 rings (SSSR count). The van der Waals surface area contributed by atoms with Gasteiger partial charge < -0.3 is 5.32 Å². The fourth-order valence-electron chi connectivity index (χ4n) is 2.16. The molecule has 3 heteroatoms. The monoisotopic (exact) mass is 321 g/mol. The molecule has 0 radical (unpaired) electrons. The van der Waals surface area contributed by atoms with Crippen molar-refractivity contribution in [3.05, 3.63) is 62.9 Å². The molecule has 100 valence electrons. The highest BCUT2D eigenvalue weighted by molar-refractivity contribution is 9.10. The lowest BCUT2D eigenvalue weighted by atomic mass is 10.1. The molecule has 1 nitrogen and oxygen atoms in total. The molecule has 0 fully saturated rings. The van der Waals surface area contributed by atoms with Gasteiger partial charge >= 0.3 is 0 Å². The van der Waals surface area contributed by atoms with Crippen molar-refractivity contribution in [2.24, 2.45) is 0 Å². The van der Waals surface area contributed by atoms with Crippen molar-refractivity contribution in [2.75, 3.05) is 5.32 Å². The number of aryl methyl sites for hydroxylation is 3. The Labute approximate surface area is 122 Å². The van der Waals surface area contributed by atoms with Crippen LogP contribution in [-0.2, 0) is 6.54 Å². The maximum absolute atomic E-state index is 13.7. The van der Waals surface area contributed by atoms with Gasteiger partial charge in [0.05, 0.1) is 5.69 Å². The third-order valence-corrected chi connectivity index (χ3v) is 3.71. The van der Waals surface area contributed by atoms with E-state index in [2.05, 4.69) is 40.3 Å². The highest BCUT2D eigenvalue weighted by atomic mass is 79.9. The molecule has 19 heavy (non-hydrogen) atoms. The predicted molar refractivity (Wildman–Crippen MR) is 82.1 cm³/mol. The highest BCUT2D eigenvalue weighted by Crippen LogP contribution is 2.28. The second-order valence-corrected chi connectivity index (χ2v) is 5.74. The van der Waals surface area contributed by atoms with Gasteiger partial charge in [-0.3, -0.25) is 0 Å². The third-order valence-electron chi connectivity index (χ3n) is 3.09. The van der Waals surface area contributed by atoms with Gasteiger partial charge in [-0.15, -0.1) is 0 Å². The zero-order valence-corrected chi connectivity index (χ0v) is 12.9. The maximum atomic E-state index is 13.7. The smallest absolute Gasteiger partial charge is 0.128 e. The fraction of sp³-hybridized carbons (Fsp3) is 0.250. The molecular formula is C16H17BrFN. The summed E-state index contributed by atoms with van der Waals surface area (Å²) in [6, 6.07) is 9.34. The quantitative estimate of drug-likeness (QED) is 0.826. The van der Waals surface area contributed by atoms with Crippen LogP contribution in [0, 0.1) is 26.6 Å². The van der Waals surface area contributed by atoms with Gasteiger partial charge in [0.25, 0.3) is 0 Å². The second-order valence-electron chi connectivity index (χ2n) is 4.89. The molecule has 0 bridgehead atoms. The molecule has 0 aromatic heterocycles. The van der Waals surface area contributed by atoms with E-state index in [9.17, 15) is 4.39 Å². The Bertz CT molecular complexity index is 585. The molecule has 0 aliphatic heterocycles. The van der Waals surface area contributed by atoms with Crippen LogP contribution in [0.2, 0.25) is 0 Å². The summed E-state index contributed by atoms with van der Waals surface area (Å²) in [7, 11) is 0. The van der Waals surface area contributed by atoms with Crippen LogP contribution in [0.4, 0.5) is 10.1 Å². The summed E-state index contributed by atoms with van der Waals surface area (Å²) in [4.78, 5) is 0.